The van der Waals surface area contributed by atoms with Crippen molar-refractivity contribution in [1.29, 1.82) is 0 Å². The summed E-state index contributed by atoms with van der Waals surface area (Å²) in [4.78, 5) is 0.145. The summed E-state index contributed by atoms with van der Waals surface area (Å²) in [5.41, 5.74) is 0. The van der Waals surface area contributed by atoms with Crippen molar-refractivity contribution in [2.45, 2.75) is 42.7 Å². The van der Waals surface area contributed by atoms with Crippen LogP contribution in [0.1, 0.15) is 25.7 Å². The van der Waals surface area contributed by atoms with Gasteiger partial charge in [0.1, 0.15) is 0 Å². The van der Waals surface area contributed by atoms with E-state index in [1.165, 1.54) is 26.4 Å². The lowest BCUT2D eigenvalue weighted by Crippen LogP contribution is -2.38. The Morgan fingerprint density at radius 2 is 1.71 bits per heavy atom. The van der Waals surface area contributed by atoms with Crippen molar-refractivity contribution in [1.82, 2.24) is 4.72 Å². The van der Waals surface area contributed by atoms with E-state index >= 15 is 0 Å². The fourth-order valence-electron chi connectivity index (χ4n) is 2.46. The van der Waals surface area contributed by atoms with Gasteiger partial charge in [0.25, 0.3) is 0 Å². The molecule has 0 radical (unpaired) electrons. The van der Waals surface area contributed by atoms with Crippen molar-refractivity contribution in [3.63, 3.8) is 0 Å². The lowest BCUT2D eigenvalue weighted by Gasteiger charge is -2.26. The number of hydrogen-bond acceptors (Lipinski definition) is 5. The van der Waals surface area contributed by atoms with E-state index in [-0.39, 0.29) is 17.0 Å². The van der Waals surface area contributed by atoms with Gasteiger partial charge in [0, 0.05) is 12.1 Å². The minimum absolute atomic E-state index is 0.133. The molecule has 1 aliphatic carbocycles. The number of rotatable bonds is 5. The fourth-order valence-corrected chi connectivity index (χ4v) is 3.78. The SMILES string of the molecule is COc1ccc(S(=O)(=O)NC2CCC(O)CC2)cc1OC. The Morgan fingerprint density at radius 1 is 1.10 bits per heavy atom. The van der Waals surface area contributed by atoms with E-state index in [1.54, 1.807) is 6.07 Å². The molecule has 1 aromatic carbocycles. The van der Waals surface area contributed by atoms with Gasteiger partial charge in [-0.25, -0.2) is 13.1 Å². The van der Waals surface area contributed by atoms with Crippen molar-refractivity contribution in [2.24, 2.45) is 0 Å². The Bertz CT molecular complexity index is 579. The van der Waals surface area contributed by atoms with Crippen LogP contribution in [-0.4, -0.2) is 39.9 Å². The minimum Gasteiger partial charge on any atom is -0.493 e. The molecule has 21 heavy (non-hydrogen) atoms. The van der Waals surface area contributed by atoms with E-state index in [0.717, 1.165) is 0 Å². The Kier molecular flexibility index (Phi) is 5.08. The number of methoxy groups -OCH3 is 2. The van der Waals surface area contributed by atoms with E-state index in [9.17, 15) is 13.5 Å². The second-order valence-corrected chi connectivity index (χ2v) is 6.86. The van der Waals surface area contributed by atoms with Gasteiger partial charge in [-0.05, 0) is 37.8 Å². The van der Waals surface area contributed by atoms with E-state index in [1.807, 2.05) is 0 Å². The molecule has 0 aromatic heterocycles. The normalized spacial score (nSPS) is 22.8. The van der Waals surface area contributed by atoms with Gasteiger partial charge in [-0.1, -0.05) is 0 Å². The Labute approximate surface area is 125 Å². The predicted molar refractivity (Wildman–Crippen MR) is 78.1 cm³/mol. The van der Waals surface area contributed by atoms with E-state index in [2.05, 4.69) is 4.72 Å². The topological polar surface area (TPSA) is 84.9 Å². The molecule has 2 N–H and O–H groups in total. The first-order chi connectivity index (χ1) is 9.96. The summed E-state index contributed by atoms with van der Waals surface area (Å²) in [5, 5.41) is 9.46. The highest BCUT2D eigenvalue weighted by Crippen LogP contribution is 2.30. The lowest BCUT2D eigenvalue weighted by atomic mass is 9.94. The summed E-state index contributed by atoms with van der Waals surface area (Å²) in [7, 11) is -0.642. The van der Waals surface area contributed by atoms with Crippen molar-refractivity contribution >= 4 is 10.0 Å². The zero-order valence-corrected chi connectivity index (χ0v) is 13.0. The summed E-state index contributed by atoms with van der Waals surface area (Å²) >= 11 is 0. The van der Waals surface area contributed by atoms with Gasteiger partial charge in [0.2, 0.25) is 10.0 Å². The van der Waals surface area contributed by atoms with E-state index < -0.39 is 10.0 Å². The molecule has 0 unspecified atom stereocenters. The molecule has 0 aliphatic heterocycles. The second kappa shape index (κ2) is 6.64. The highest BCUT2D eigenvalue weighted by Gasteiger charge is 2.25. The highest BCUT2D eigenvalue weighted by atomic mass is 32.2. The molecule has 1 aromatic rings. The average molecular weight is 315 g/mol. The monoisotopic (exact) mass is 315 g/mol. The van der Waals surface area contributed by atoms with Crippen LogP contribution in [0, 0.1) is 0 Å². The molecule has 7 heteroatoms. The van der Waals surface area contributed by atoms with Gasteiger partial charge < -0.3 is 14.6 Å². The van der Waals surface area contributed by atoms with Crippen LogP contribution in [0.2, 0.25) is 0 Å². The maximum Gasteiger partial charge on any atom is 0.240 e. The molecule has 1 aliphatic rings. The van der Waals surface area contributed by atoms with Gasteiger partial charge >= 0.3 is 0 Å². The summed E-state index contributed by atoms with van der Waals surface area (Å²) < 4.78 is 37.7. The van der Waals surface area contributed by atoms with Crippen molar-refractivity contribution < 1.29 is 23.0 Å². The number of nitrogens with one attached hydrogen (secondary N) is 1. The molecule has 0 atom stereocenters. The van der Waals surface area contributed by atoms with Gasteiger partial charge in [-0.2, -0.15) is 0 Å². The molecule has 2 rings (SSSR count). The van der Waals surface area contributed by atoms with Crippen LogP contribution in [0.25, 0.3) is 0 Å². The first-order valence-electron chi connectivity index (χ1n) is 6.88. The van der Waals surface area contributed by atoms with Crippen molar-refractivity contribution in [3.8, 4) is 11.5 Å². The van der Waals surface area contributed by atoms with E-state index in [0.29, 0.717) is 37.2 Å². The van der Waals surface area contributed by atoms with Crippen LogP contribution in [0.5, 0.6) is 11.5 Å². The number of hydrogen-bond donors (Lipinski definition) is 2. The molecule has 0 heterocycles. The molecule has 6 nitrogen and oxygen atoms in total. The third-order valence-corrected chi connectivity index (χ3v) is 5.20. The molecule has 1 saturated carbocycles. The molecule has 0 saturated heterocycles. The van der Waals surface area contributed by atoms with Crippen molar-refractivity contribution in [2.75, 3.05) is 14.2 Å². The van der Waals surface area contributed by atoms with Crippen molar-refractivity contribution in [3.05, 3.63) is 18.2 Å². The van der Waals surface area contributed by atoms with Crippen LogP contribution in [0.4, 0.5) is 0 Å². The number of benzene rings is 1. The smallest absolute Gasteiger partial charge is 0.240 e. The van der Waals surface area contributed by atoms with Gasteiger partial charge in [0.05, 0.1) is 25.2 Å². The summed E-state index contributed by atoms with van der Waals surface area (Å²) in [5.74, 6) is 0.858. The third kappa shape index (κ3) is 3.87. The summed E-state index contributed by atoms with van der Waals surface area (Å²) in [6.07, 6.45) is 2.23. The maximum absolute atomic E-state index is 12.4. The fraction of sp³-hybridized carbons (Fsp3) is 0.571. The third-order valence-electron chi connectivity index (χ3n) is 3.68. The number of ether oxygens (including phenoxy) is 2. The Morgan fingerprint density at radius 3 is 2.29 bits per heavy atom. The minimum atomic E-state index is -3.60. The first-order valence-corrected chi connectivity index (χ1v) is 8.37. The quantitative estimate of drug-likeness (QED) is 0.855. The number of aliphatic hydroxyl groups excluding tert-OH is 1. The zero-order valence-electron chi connectivity index (χ0n) is 12.2. The number of aliphatic hydroxyl groups is 1. The Balaban J connectivity index is 2.15. The molecular formula is C14H21NO5S. The van der Waals surface area contributed by atoms with Gasteiger partial charge in [0.15, 0.2) is 11.5 Å². The molecule has 1 fully saturated rings. The standard InChI is InChI=1S/C14H21NO5S/c1-19-13-8-7-12(9-14(13)20-2)21(17,18)15-10-3-5-11(16)6-4-10/h7-11,15-16H,3-6H2,1-2H3. The Hall–Kier alpha value is -1.31. The molecule has 118 valence electrons. The first kappa shape index (κ1) is 16.1. The van der Waals surface area contributed by atoms with Crippen LogP contribution < -0.4 is 14.2 Å². The van der Waals surface area contributed by atoms with Crippen LogP contribution >= 0.6 is 0 Å². The van der Waals surface area contributed by atoms with Crippen LogP contribution in [-0.2, 0) is 10.0 Å². The highest BCUT2D eigenvalue weighted by molar-refractivity contribution is 7.89. The summed E-state index contributed by atoms with van der Waals surface area (Å²) in [6, 6.07) is 4.37. The average Bonchev–Trinajstić information content (AvgIpc) is 2.48. The molecular weight excluding hydrogens is 294 g/mol. The number of sulfonamides is 1. The lowest BCUT2D eigenvalue weighted by molar-refractivity contribution is 0.120. The summed E-state index contributed by atoms with van der Waals surface area (Å²) in [6.45, 7) is 0. The second-order valence-electron chi connectivity index (χ2n) is 5.14. The van der Waals surface area contributed by atoms with Gasteiger partial charge in [-0.3, -0.25) is 0 Å². The zero-order chi connectivity index (χ0) is 15.5. The van der Waals surface area contributed by atoms with Crippen LogP contribution in [0.15, 0.2) is 23.1 Å². The van der Waals surface area contributed by atoms with Gasteiger partial charge in [-0.15, -0.1) is 0 Å². The molecule has 0 amide bonds. The molecule has 0 bridgehead atoms. The maximum atomic E-state index is 12.4. The predicted octanol–water partition coefficient (Wildman–Crippen LogP) is 1.29. The largest absolute Gasteiger partial charge is 0.493 e. The molecule has 0 spiro atoms. The van der Waals surface area contributed by atoms with Crippen LogP contribution in [0.3, 0.4) is 0 Å². The van der Waals surface area contributed by atoms with E-state index in [4.69, 9.17) is 9.47 Å².